The number of hydrogen-bond acceptors (Lipinski definition) is 6. The highest BCUT2D eigenvalue weighted by molar-refractivity contribution is 7.15. The zero-order chi connectivity index (χ0) is 25.7. The summed E-state index contributed by atoms with van der Waals surface area (Å²) in [7, 11) is 0. The predicted octanol–water partition coefficient (Wildman–Crippen LogP) is 7.57. The van der Waals surface area contributed by atoms with Crippen LogP contribution in [-0.2, 0) is 0 Å². The number of fused-ring (bicyclic) bond motifs is 2. The number of rotatable bonds is 5. The fraction of sp³-hybridized carbons (Fsp3) is 0.172. The van der Waals surface area contributed by atoms with Gasteiger partial charge in [0.1, 0.15) is 11.2 Å². The van der Waals surface area contributed by atoms with Crippen LogP contribution >= 0.6 is 11.3 Å². The molecule has 0 amide bonds. The molecule has 6 aromatic rings. The second-order valence-electron chi connectivity index (χ2n) is 10.2. The Morgan fingerprint density at radius 3 is 2.59 bits per heavy atom. The van der Waals surface area contributed by atoms with E-state index in [4.69, 9.17) is 4.98 Å². The number of hydrogen-bond donors (Lipinski definition) is 3. The van der Waals surface area contributed by atoms with Crippen LogP contribution in [0.2, 0.25) is 0 Å². The molecule has 0 atom stereocenters. The molecule has 0 aromatic carbocycles. The van der Waals surface area contributed by atoms with Crippen LogP contribution in [0.25, 0.3) is 55.0 Å². The van der Waals surface area contributed by atoms with Gasteiger partial charge in [-0.3, -0.25) is 15.1 Å². The van der Waals surface area contributed by atoms with E-state index in [9.17, 15) is 0 Å². The first kappa shape index (κ1) is 23.1. The minimum atomic E-state index is -0.0594. The normalized spacial score (nSPS) is 11.9. The SMILES string of the molecule is C=C(Nc1cncc(-c2ccc3[nH]nc(-c4cc5c(-c6ccc(C)s6)cncc5[nH]4)c3n2)c1)C(C)(C)C. The Labute approximate surface area is 218 Å². The van der Waals surface area contributed by atoms with E-state index in [0.29, 0.717) is 0 Å². The summed E-state index contributed by atoms with van der Waals surface area (Å²) in [6.07, 6.45) is 7.40. The Kier molecular flexibility index (Phi) is 5.42. The van der Waals surface area contributed by atoms with Gasteiger partial charge in [-0.25, -0.2) is 4.98 Å². The lowest BCUT2D eigenvalue weighted by Gasteiger charge is -2.23. The van der Waals surface area contributed by atoms with Gasteiger partial charge < -0.3 is 10.3 Å². The molecule has 0 bridgehead atoms. The van der Waals surface area contributed by atoms with Gasteiger partial charge in [-0.15, -0.1) is 11.3 Å². The number of aryl methyl sites for hydroxylation is 1. The second-order valence-corrected chi connectivity index (χ2v) is 11.5. The molecule has 6 heterocycles. The van der Waals surface area contributed by atoms with Crippen LogP contribution in [0.1, 0.15) is 25.6 Å². The van der Waals surface area contributed by atoms with Gasteiger partial charge in [0.25, 0.3) is 0 Å². The van der Waals surface area contributed by atoms with E-state index < -0.39 is 0 Å². The molecule has 6 rings (SSSR count). The van der Waals surface area contributed by atoms with Gasteiger partial charge in [0.05, 0.1) is 40.5 Å². The Balaban J connectivity index is 1.40. The lowest BCUT2D eigenvalue weighted by atomic mass is 9.93. The fourth-order valence-electron chi connectivity index (χ4n) is 4.21. The van der Waals surface area contributed by atoms with Crippen LogP contribution in [-0.4, -0.2) is 30.1 Å². The van der Waals surface area contributed by atoms with Gasteiger partial charge in [0, 0.05) is 49.8 Å². The maximum Gasteiger partial charge on any atom is 0.135 e. The highest BCUT2D eigenvalue weighted by atomic mass is 32.1. The zero-order valence-electron chi connectivity index (χ0n) is 21.2. The maximum absolute atomic E-state index is 4.99. The van der Waals surface area contributed by atoms with E-state index in [0.717, 1.165) is 61.5 Å². The maximum atomic E-state index is 4.99. The molecular formula is C29H27N7S. The molecule has 6 aromatic heterocycles. The molecule has 3 N–H and O–H groups in total. The number of H-pyrrole nitrogens is 2. The van der Waals surface area contributed by atoms with Crippen LogP contribution in [0.5, 0.6) is 0 Å². The topological polar surface area (TPSA) is 95.2 Å². The van der Waals surface area contributed by atoms with Crippen molar-refractivity contribution in [3.8, 4) is 33.1 Å². The minimum absolute atomic E-state index is 0.0594. The fourth-order valence-corrected chi connectivity index (χ4v) is 5.10. The van der Waals surface area contributed by atoms with E-state index >= 15 is 0 Å². The number of thiophene rings is 1. The number of aromatic amines is 2. The highest BCUT2D eigenvalue weighted by Crippen LogP contribution is 2.36. The van der Waals surface area contributed by atoms with E-state index in [1.807, 2.05) is 36.8 Å². The molecule has 0 unspecified atom stereocenters. The van der Waals surface area contributed by atoms with Crippen molar-refractivity contribution < 1.29 is 0 Å². The summed E-state index contributed by atoms with van der Waals surface area (Å²) in [6, 6.07) is 12.5. The van der Waals surface area contributed by atoms with Crippen molar-refractivity contribution in [3.05, 3.63) is 78.3 Å². The van der Waals surface area contributed by atoms with Gasteiger partial charge >= 0.3 is 0 Å². The lowest BCUT2D eigenvalue weighted by Crippen LogP contribution is -2.15. The van der Waals surface area contributed by atoms with Crippen LogP contribution in [0, 0.1) is 12.3 Å². The van der Waals surface area contributed by atoms with E-state index in [1.165, 1.54) is 9.75 Å². The molecule has 184 valence electrons. The molecule has 0 aliphatic carbocycles. The molecule has 7 nitrogen and oxygen atoms in total. The second kappa shape index (κ2) is 8.67. The first-order valence-electron chi connectivity index (χ1n) is 12.1. The lowest BCUT2D eigenvalue weighted by molar-refractivity contribution is 0.509. The molecule has 0 aliphatic heterocycles. The quantitative estimate of drug-likeness (QED) is 0.225. The number of allylic oxidation sites excluding steroid dienone is 1. The van der Waals surface area contributed by atoms with Crippen LogP contribution in [0.4, 0.5) is 5.69 Å². The highest BCUT2D eigenvalue weighted by Gasteiger charge is 2.17. The third-order valence-electron chi connectivity index (χ3n) is 6.45. The number of aromatic nitrogens is 6. The standard InChI is InChI=1S/C29H27N7S/c1-16-6-9-26(37-16)21-14-31-15-25-20(21)11-24(33-25)28-27-23(35-36-28)8-7-22(34-27)18-10-19(13-30-12-18)32-17(2)29(3,4)5/h6-15,32-33H,2H2,1,3-5H3,(H,35,36). The first-order chi connectivity index (χ1) is 17.8. The largest absolute Gasteiger partial charge is 0.358 e. The van der Waals surface area contributed by atoms with Crippen molar-refractivity contribution in [3.63, 3.8) is 0 Å². The van der Waals surface area contributed by atoms with Crippen molar-refractivity contribution in [1.82, 2.24) is 30.1 Å². The molecule has 8 heteroatoms. The Morgan fingerprint density at radius 2 is 1.81 bits per heavy atom. The zero-order valence-corrected chi connectivity index (χ0v) is 22.0. The van der Waals surface area contributed by atoms with Crippen LogP contribution in [0.3, 0.4) is 0 Å². The molecular weight excluding hydrogens is 478 g/mol. The Morgan fingerprint density at radius 1 is 0.973 bits per heavy atom. The molecule has 0 spiro atoms. The summed E-state index contributed by atoms with van der Waals surface area (Å²) in [5.41, 5.74) is 8.88. The first-order valence-corrected chi connectivity index (χ1v) is 12.9. The van der Waals surface area contributed by atoms with Gasteiger partial charge in [-0.1, -0.05) is 27.4 Å². The monoisotopic (exact) mass is 505 g/mol. The summed E-state index contributed by atoms with van der Waals surface area (Å²) >= 11 is 1.77. The number of anilines is 1. The summed E-state index contributed by atoms with van der Waals surface area (Å²) in [5.74, 6) is 0. The third-order valence-corrected chi connectivity index (χ3v) is 7.48. The summed E-state index contributed by atoms with van der Waals surface area (Å²) in [5, 5.41) is 12.2. The number of nitrogens with one attached hydrogen (secondary N) is 3. The minimum Gasteiger partial charge on any atom is -0.358 e. The molecule has 0 saturated heterocycles. The Hall–Kier alpha value is -4.30. The smallest absolute Gasteiger partial charge is 0.135 e. The van der Waals surface area contributed by atoms with Gasteiger partial charge in [0.2, 0.25) is 0 Å². The van der Waals surface area contributed by atoms with Crippen LogP contribution in [0.15, 0.2) is 73.5 Å². The number of pyridine rings is 3. The van der Waals surface area contributed by atoms with E-state index in [-0.39, 0.29) is 5.41 Å². The van der Waals surface area contributed by atoms with Crippen molar-refractivity contribution in [2.45, 2.75) is 27.7 Å². The average molecular weight is 506 g/mol. The van der Waals surface area contributed by atoms with E-state index in [1.54, 1.807) is 17.5 Å². The van der Waals surface area contributed by atoms with Gasteiger partial charge in [0.15, 0.2) is 0 Å². The van der Waals surface area contributed by atoms with Crippen LogP contribution < -0.4 is 5.32 Å². The third kappa shape index (κ3) is 4.29. The average Bonchev–Trinajstić information content (AvgIpc) is 3.60. The predicted molar refractivity (Wildman–Crippen MR) is 152 cm³/mol. The number of nitrogens with zero attached hydrogens (tertiary/aromatic N) is 4. The van der Waals surface area contributed by atoms with Crippen molar-refractivity contribution in [1.29, 1.82) is 0 Å². The van der Waals surface area contributed by atoms with E-state index in [2.05, 4.69) is 82.9 Å². The summed E-state index contributed by atoms with van der Waals surface area (Å²) in [6.45, 7) is 12.7. The van der Waals surface area contributed by atoms with Crippen molar-refractivity contribution in [2.24, 2.45) is 5.41 Å². The van der Waals surface area contributed by atoms with Crippen molar-refractivity contribution >= 4 is 39.0 Å². The van der Waals surface area contributed by atoms with Crippen molar-refractivity contribution in [2.75, 3.05) is 5.32 Å². The molecule has 0 aliphatic rings. The Bertz CT molecular complexity index is 1780. The molecule has 0 fully saturated rings. The molecule has 0 radical (unpaired) electrons. The molecule has 37 heavy (non-hydrogen) atoms. The molecule has 0 saturated carbocycles. The van der Waals surface area contributed by atoms with Gasteiger partial charge in [-0.05, 0) is 43.3 Å². The van der Waals surface area contributed by atoms with Gasteiger partial charge in [-0.2, -0.15) is 5.10 Å². The summed E-state index contributed by atoms with van der Waals surface area (Å²) in [4.78, 5) is 19.9. The summed E-state index contributed by atoms with van der Waals surface area (Å²) < 4.78 is 0.